The predicted octanol–water partition coefficient (Wildman–Crippen LogP) is 4.01. The SMILES string of the molecule is CC1c2ccccc2C(C)(C)Cc2nc3cccnc3nc21. The van der Waals surface area contributed by atoms with Crippen molar-refractivity contribution in [3.8, 4) is 0 Å². The highest BCUT2D eigenvalue weighted by atomic mass is 14.9. The van der Waals surface area contributed by atoms with Crippen molar-refractivity contribution in [3.63, 3.8) is 0 Å². The molecule has 2 heterocycles. The molecule has 3 aromatic rings. The monoisotopic (exact) mass is 289 g/mol. The van der Waals surface area contributed by atoms with Crippen molar-refractivity contribution in [2.45, 2.75) is 38.5 Å². The Morgan fingerprint density at radius 1 is 1.05 bits per heavy atom. The Balaban J connectivity index is 2.02. The first kappa shape index (κ1) is 13.4. The van der Waals surface area contributed by atoms with Crippen molar-refractivity contribution in [3.05, 3.63) is 65.1 Å². The van der Waals surface area contributed by atoms with Crippen LogP contribution < -0.4 is 0 Å². The number of nitrogens with zero attached hydrogens (tertiary/aromatic N) is 3. The van der Waals surface area contributed by atoms with Crippen molar-refractivity contribution in [2.75, 3.05) is 0 Å². The number of hydrogen-bond donors (Lipinski definition) is 0. The van der Waals surface area contributed by atoms with Crippen LogP contribution in [0.2, 0.25) is 0 Å². The van der Waals surface area contributed by atoms with Crippen molar-refractivity contribution >= 4 is 11.2 Å². The van der Waals surface area contributed by atoms with E-state index in [0.717, 1.165) is 29.0 Å². The lowest BCUT2D eigenvalue weighted by Crippen LogP contribution is -2.21. The summed E-state index contributed by atoms with van der Waals surface area (Å²) in [6.07, 6.45) is 2.68. The molecule has 0 N–H and O–H groups in total. The Kier molecular flexibility index (Phi) is 2.80. The molecule has 3 heteroatoms. The topological polar surface area (TPSA) is 38.7 Å². The number of aromatic nitrogens is 3. The lowest BCUT2D eigenvalue weighted by molar-refractivity contribution is 0.516. The maximum absolute atomic E-state index is 4.88. The lowest BCUT2D eigenvalue weighted by atomic mass is 9.79. The smallest absolute Gasteiger partial charge is 0.178 e. The van der Waals surface area contributed by atoms with Gasteiger partial charge in [0.15, 0.2) is 5.65 Å². The number of benzene rings is 1. The summed E-state index contributed by atoms with van der Waals surface area (Å²) >= 11 is 0. The first-order valence-corrected chi connectivity index (χ1v) is 7.77. The summed E-state index contributed by atoms with van der Waals surface area (Å²) in [4.78, 5) is 14.1. The van der Waals surface area contributed by atoms with Crippen LogP contribution in [0.5, 0.6) is 0 Å². The highest BCUT2D eigenvalue weighted by Crippen LogP contribution is 2.40. The zero-order valence-corrected chi connectivity index (χ0v) is 13.2. The Labute approximate surface area is 130 Å². The van der Waals surface area contributed by atoms with Crippen LogP contribution in [0.15, 0.2) is 42.6 Å². The summed E-state index contributed by atoms with van der Waals surface area (Å²) in [5.41, 5.74) is 6.62. The minimum absolute atomic E-state index is 0.0562. The molecular formula is C19H19N3. The minimum atomic E-state index is 0.0562. The van der Waals surface area contributed by atoms with Gasteiger partial charge in [-0.2, -0.15) is 0 Å². The van der Waals surface area contributed by atoms with Gasteiger partial charge in [-0.25, -0.2) is 15.0 Å². The van der Waals surface area contributed by atoms with Crippen LogP contribution in [-0.4, -0.2) is 15.0 Å². The molecule has 0 saturated carbocycles. The number of fused-ring (bicyclic) bond motifs is 3. The van der Waals surface area contributed by atoms with E-state index in [9.17, 15) is 0 Å². The molecule has 1 aromatic carbocycles. The van der Waals surface area contributed by atoms with Crippen molar-refractivity contribution in [1.82, 2.24) is 15.0 Å². The van der Waals surface area contributed by atoms with Crippen LogP contribution in [0.3, 0.4) is 0 Å². The van der Waals surface area contributed by atoms with Gasteiger partial charge in [0.25, 0.3) is 0 Å². The van der Waals surface area contributed by atoms with Crippen LogP contribution in [0.1, 0.15) is 49.2 Å². The molecule has 1 atom stereocenters. The van der Waals surface area contributed by atoms with Gasteiger partial charge in [-0.3, -0.25) is 0 Å². The normalized spacial score (nSPS) is 19.3. The summed E-state index contributed by atoms with van der Waals surface area (Å²) in [5.74, 6) is 0.242. The summed E-state index contributed by atoms with van der Waals surface area (Å²) in [6.45, 7) is 6.81. The highest BCUT2D eigenvalue weighted by Gasteiger charge is 2.33. The highest BCUT2D eigenvalue weighted by molar-refractivity contribution is 5.70. The number of hydrogen-bond acceptors (Lipinski definition) is 3. The fourth-order valence-corrected chi connectivity index (χ4v) is 3.57. The second-order valence-corrected chi connectivity index (χ2v) is 6.77. The van der Waals surface area contributed by atoms with Gasteiger partial charge in [0.1, 0.15) is 5.52 Å². The van der Waals surface area contributed by atoms with Crippen LogP contribution in [0.4, 0.5) is 0 Å². The van der Waals surface area contributed by atoms with E-state index < -0.39 is 0 Å². The van der Waals surface area contributed by atoms with Crippen molar-refractivity contribution < 1.29 is 0 Å². The first-order valence-electron chi connectivity index (χ1n) is 7.77. The third-order valence-electron chi connectivity index (χ3n) is 4.72. The molecule has 0 aliphatic heterocycles. The van der Waals surface area contributed by atoms with Gasteiger partial charge in [-0.05, 0) is 28.7 Å². The van der Waals surface area contributed by atoms with E-state index in [1.54, 1.807) is 6.20 Å². The average Bonchev–Trinajstić information content (AvgIpc) is 2.60. The van der Waals surface area contributed by atoms with Gasteiger partial charge in [-0.15, -0.1) is 0 Å². The van der Waals surface area contributed by atoms with Gasteiger partial charge >= 0.3 is 0 Å². The van der Waals surface area contributed by atoms with Crippen LogP contribution in [0, 0.1) is 0 Å². The van der Waals surface area contributed by atoms with Crippen LogP contribution >= 0.6 is 0 Å². The van der Waals surface area contributed by atoms with Gasteiger partial charge < -0.3 is 0 Å². The molecule has 0 radical (unpaired) electrons. The van der Waals surface area contributed by atoms with E-state index in [1.165, 1.54) is 11.1 Å². The third-order valence-corrected chi connectivity index (χ3v) is 4.72. The lowest BCUT2D eigenvalue weighted by Gasteiger charge is -2.25. The molecule has 0 amide bonds. The Morgan fingerprint density at radius 3 is 2.73 bits per heavy atom. The standard InChI is InChI=1S/C19H19N3/c1-12-13-7-4-5-8-14(13)19(2,3)11-16-17(12)22-18-15(21-16)9-6-10-20-18/h4-10,12H,11H2,1-3H3. The summed E-state index contributed by atoms with van der Waals surface area (Å²) in [6, 6.07) is 12.6. The first-order chi connectivity index (χ1) is 10.6. The molecule has 3 nitrogen and oxygen atoms in total. The molecule has 0 fully saturated rings. The molecule has 1 aliphatic carbocycles. The van der Waals surface area contributed by atoms with Gasteiger partial charge in [0, 0.05) is 18.5 Å². The summed E-state index contributed by atoms with van der Waals surface area (Å²) < 4.78 is 0. The van der Waals surface area contributed by atoms with E-state index in [-0.39, 0.29) is 11.3 Å². The van der Waals surface area contributed by atoms with Gasteiger partial charge in [-0.1, -0.05) is 45.0 Å². The molecule has 0 bridgehead atoms. The second-order valence-electron chi connectivity index (χ2n) is 6.77. The van der Waals surface area contributed by atoms with E-state index in [4.69, 9.17) is 9.97 Å². The van der Waals surface area contributed by atoms with E-state index >= 15 is 0 Å². The van der Waals surface area contributed by atoms with Gasteiger partial charge in [0.2, 0.25) is 0 Å². The molecular weight excluding hydrogens is 270 g/mol. The Bertz CT molecular complexity index is 867. The largest absolute Gasteiger partial charge is 0.248 e. The summed E-state index contributed by atoms with van der Waals surface area (Å²) in [7, 11) is 0. The average molecular weight is 289 g/mol. The maximum atomic E-state index is 4.88. The Morgan fingerprint density at radius 2 is 1.86 bits per heavy atom. The van der Waals surface area contributed by atoms with Crippen LogP contribution in [-0.2, 0) is 11.8 Å². The molecule has 0 saturated heterocycles. The third kappa shape index (κ3) is 1.92. The molecule has 1 unspecified atom stereocenters. The van der Waals surface area contributed by atoms with Crippen molar-refractivity contribution in [2.24, 2.45) is 0 Å². The quantitative estimate of drug-likeness (QED) is 0.627. The predicted molar refractivity (Wildman–Crippen MR) is 88.0 cm³/mol. The van der Waals surface area contributed by atoms with Crippen LogP contribution in [0.25, 0.3) is 11.2 Å². The zero-order chi connectivity index (χ0) is 15.3. The molecule has 110 valence electrons. The fourth-order valence-electron chi connectivity index (χ4n) is 3.57. The number of pyridine rings is 1. The molecule has 4 rings (SSSR count). The van der Waals surface area contributed by atoms with E-state index in [1.807, 2.05) is 12.1 Å². The molecule has 0 spiro atoms. The van der Waals surface area contributed by atoms with Gasteiger partial charge in [0.05, 0.1) is 11.4 Å². The van der Waals surface area contributed by atoms with E-state index in [2.05, 4.69) is 50.0 Å². The summed E-state index contributed by atoms with van der Waals surface area (Å²) in [5, 5.41) is 0. The molecule has 22 heavy (non-hydrogen) atoms. The zero-order valence-electron chi connectivity index (χ0n) is 13.2. The fraction of sp³-hybridized carbons (Fsp3) is 0.316. The van der Waals surface area contributed by atoms with Crippen molar-refractivity contribution in [1.29, 1.82) is 0 Å². The molecule has 1 aliphatic rings. The maximum Gasteiger partial charge on any atom is 0.178 e. The van der Waals surface area contributed by atoms with E-state index in [0.29, 0.717) is 0 Å². The molecule has 2 aromatic heterocycles. The minimum Gasteiger partial charge on any atom is -0.248 e. The number of rotatable bonds is 0. The second kappa shape index (κ2) is 4.60. The Hall–Kier alpha value is -2.29.